The minimum Gasteiger partial charge on any atom is -0.495 e. The van der Waals surface area contributed by atoms with Crippen molar-refractivity contribution in [2.45, 2.75) is 26.3 Å². The summed E-state index contributed by atoms with van der Waals surface area (Å²) in [6, 6.07) is 6.45. The molecule has 0 spiro atoms. The third kappa shape index (κ3) is 4.93. The number of pyridine rings is 1. The van der Waals surface area contributed by atoms with Crippen LogP contribution in [0.4, 0.5) is 5.69 Å². The summed E-state index contributed by atoms with van der Waals surface area (Å²) in [4.78, 5) is 28.6. The van der Waals surface area contributed by atoms with Gasteiger partial charge in [-0.05, 0) is 37.6 Å². The van der Waals surface area contributed by atoms with Crippen molar-refractivity contribution in [3.63, 3.8) is 0 Å². The lowest BCUT2D eigenvalue weighted by atomic mass is 10.1. The second kappa shape index (κ2) is 8.48. The van der Waals surface area contributed by atoms with Crippen molar-refractivity contribution in [2.75, 3.05) is 12.4 Å². The van der Waals surface area contributed by atoms with E-state index in [1.54, 1.807) is 18.2 Å². The SMILES string of the molecule is CCC(C)NC(=O)c1cncc(C(=O)Nc2cc(Cl)ccc2OC)c1. The number of halogens is 1. The Hall–Kier alpha value is -2.60. The fraction of sp³-hybridized carbons (Fsp3) is 0.278. The highest BCUT2D eigenvalue weighted by atomic mass is 35.5. The van der Waals surface area contributed by atoms with Crippen LogP contribution in [0.15, 0.2) is 36.7 Å². The topological polar surface area (TPSA) is 80.3 Å². The second-order valence-corrected chi connectivity index (χ2v) is 5.98. The number of anilines is 1. The van der Waals surface area contributed by atoms with Crippen LogP contribution in [0.1, 0.15) is 41.0 Å². The van der Waals surface area contributed by atoms with Crippen LogP contribution in [0.5, 0.6) is 5.75 Å². The van der Waals surface area contributed by atoms with E-state index in [1.807, 2.05) is 13.8 Å². The van der Waals surface area contributed by atoms with Crippen molar-refractivity contribution >= 4 is 29.1 Å². The normalized spacial score (nSPS) is 11.5. The number of benzene rings is 1. The largest absolute Gasteiger partial charge is 0.495 e. The molecule has 0 bridgehead atoms. The number of ether oxygens (including phenoxy) is 1. The number of aromatic nitrogens is 1. The highest BCUT2D eigenvalue weighted by Crippen LogP contribution is 2.28. The van der Waals surface area contributed by atoms with Crippen molar-refractivity contribution in [3.05, 3.63) is 52.8 Å². The van der Waals surface area contributed by atoms with Gasteiger partial charge in [-0.15, -0.1) is 0 Å². The van der Waals surface area contributed by atoms with E-state index in [1.165, 1.54) is 25.6 Å². The molecule has 0 saturated heterocycles. The lowest BCUT2D eigenvalue weighted by Gasteiger charge is -2.12. The van der Waals surface area contributed by atoms with Gasteiger partial charge in [-0.3, -0.25) is 14.6 Å². The molecule has 2 rings (SSSR count). The third-order valence-electron chi connectivity index (χ3n) is 3.66. The fourth-order valence-corrected chi connectivity index (χ4v) is 2.24. The number of nitrogens with one attached hydrogen (secondary N) is 2. The maximum atomic E-state index is 12.5. The smallest absolute Gasteiger partial charge is 0.257 e. The van der Waals surface area contributed by atoms with Crippen LogP contribution in [0, 0.1) is 0 Å². The van der Waals surface area contributed by atoms with Gasteiger partial charge in [0.15, 0.2) is 0 Å². The fourth-order valence-electron chi connectivity index (χ4n) is 2.07. The molecule has 2 N–H and O–H groups in total. The Morgan fingerprint density at radius 2 is 1.88 bits per heavy atom. The van der Waals surface area contributed by atoms with Gasteiger partial charge in [-0.2, -0.15) is 0 Å². The average molecular weight is 362 g/mol. The minimum absolute atomic E-state index is 0.0423. The number of hydrogen-bond acceptors (Lipinski definition) is 4. The number of nitrogens with zero attached hydrogens (tertiary/aromatic N) is 1. The zero-order chi connectivity index (χ0) is 18.4. The molecule has 2 aromatic rings. The Labute approximate surface area is 151 Å². The van der Waals surface area contributed by atoms with Crippen LogP contribution >= 0.6 is 11.6 Å². The highest BCUT2D eigenvalue weighted by molar-refractivity contribution is 6.31. The molecule has 1 atom stereocenters. The third-order valence-corrected chi connectivity index (χ3v) is 3.90. The minimum atomic E-state index is -0.411. The van der Waals surface area contributed by atoms with Crippen LogP contribution in [-0.2, 0) is 0 Å². The predicted molar refractivity (Wildman–Crippen MR) is 97.4 cm³/mol. The Balaban J connectivity index is 2.19. The number of methoxy groups -OCH3 is 1. The summed E-state index contributed by atoms with van der Waals surface area (Å²) in [7, 11) is 1.50. The van der Waals surface area contributed by atoms with Crippen LogP contribution in [0.2, 0.25) is 5.02 Å². The molecule has 0 aliphatic rings. The molecule has 0 fully saturated rings. The van der Waals surface area contributed by atoms with Crippen molar-refractivity contribution in [2.24, 2.45) is 0 Å². The van der Waals surface area contributed by atoms with E-state index in [0.29, 0.717) is 22.0 Å². The first-order chi connectivity index (χ1) is 11.9. The van der Waals surface area contributed by atoms with E-state index < -0.39 is 5.91 Å². The molecular weight excluding hydrogens is 342 g/mol. The molecule has 1 aromatic carbocycles. The zero-order valence-electron chi connectivity index (χ0n) is 14.3. The maximum Gasteiger partial charge on any atom is 0.257 e. The van der Waals surface area contributed by atoms with Crippen LogP contribution in [0.25, 0.3) is 0 Å². The molecule has 1 aromatic heterocycles. The van der Waals surface area contributed by atoms with E-state index in [-0.39, 0.29) is 17.5 Å². The summed E-state index contributed by atoms with van der Waals surface area (Å²) >= 11 is 5.96. The number of hydrogen-bond donors (Lipinski definition) is 2. The first kappa shape index (κ1) is 18.7. The van der Waals surface area contributed by atoms with Crippen LogP contribution < -0.4 is 15.4 Å². The molecule has 1 heterocycles. The van der Waals surface area contributed by atoms with Gasteiger partial charge in [0.1, 0.15) is 5.75 Å². The molecule has 0 radical (unpaired) electrons. The molecule has 0 aliphatic heterocycles. The van der Waals surface area contributed by atoms with Crippen molar-refractivity contribution in [1.29, 1.82) is 0 Å². The molecule has 0 aliphatic carbocycles. The van der Waals surface area contributed by atoms with E-state index in [0.717, 1.165) is 6.42 Å². The molecule has 6 nitrogen and oxygen atoms in total. The molecule has 25 heavy (non-hydrogen) atoms. The van der Waals surface area contributed by atoms with Crippen molar-refractivity contribution in [1.82, 2.24) is 10.3 Å². The van der Waals surface area contributed by atoms with E-state index in [2.05, 4.69) is 15.6 Å². The Bertz CT molecular complexity index is 780. The molecule has 0 saturated carbocycles. The summed E-state index contributed by atoms with van der Waals surface area (Å²) in [5.74, 6) is -0.195. The van der Waals surface area contributed by atoms with Gasteiger partial charge < -0.3 is 15.4 Å². The van der Waals surface area contributed by atoms with Gasteiger partial charge in [-0.1, -0.05) is 18.5 Å². The number of amides is 2. The lowest BCUT2D eigenvalue weighted by molar-refractivity contribution is 0.0939. The Morgan fingerprint density at radius 3 is 2.52 bits per heavy atom. The van der Waals surface area contributed by atoms with Crippen molar-refractivity contribution in [3.8, 4) is 5.75 Å². The number of carbonyl (C=O) groups is 2. The molecular formula is C18H20ClN3O3. The van der Waals surface area contributed by atoms with Crippen LogP contribution in [0.3, 0.4) is 0 Å². The quantitative estimate of drug-likeness (QED) is 0.824. The lowest BCUT2D eigenvalue weighted by Crippen LogP contribution is -2.32. The van der Waals surface area contributed by atoms with Gasteiger partial charge in [0.2, 0.25) is 0 Å². The summed E-state index contributed by atoms with van der Waals surface area (Å²) in [6.07, 6.45) is 3.63. The van der Waals surface area contributed by atoms with Gasteiger partial charge in [0.25, 0.3) is 11.8 Å². The molecule has 2 amide bonds. The van der Waals surface area contributed by atoms with Crippen molar-refractivity contribution < 1.29 is 14.3 Å². The zero-order valence-corrected chi connectivity index (χ0v) is 15.1. The maximum absolute atomic E-state index is 12.5. The molecule has 132 valence electrons. The Morgan fingerprint density at radius 1 is 1.20 bits per heavy atom. The first-order valence-corrected chi connectivity index (χ1v) is 8.23. The van der Waals surface area contributed by atoms with Gasteiger partial charge in [-0.25, -0.2) is 0 Å². The van der Waals surface area contributed by atoms with Crippen LogP contribution in [-0.4, -0.2) is 29.9 Å². The number of carbonyl (C=O) groups excluding carboxylic acids is 2. The molecule has 1 unspecified atom stereocenters. The van der Waals surface area contributed by atoms with Gasteiger partial charge in [0, 0.05) is 23.5 Å². The number of rotatable bonds is 6. The summed E-state index contributed by atoms with van der Waals surface area (Å²) < 4.78 is 5.20. The highest BCUT2D eigenvalue weighted by Gasteiger charge is 2.14. The standard InChI is InChI=1S/C18H20ClN3O3/c1-4-11(2)21-17(23)12-7-13(10-20-9-12)18(24)22-15-8-14(19)5-6-16(15)25-3/h5-11H,4H2,1-3H3,(H,21,23)(H,22,24). The second-order valence-electron chi connectivity index (χ2n) is 5.54. The Kier molecular flexibility index (Phi) is 6.36. The van der Waals surface area contributed by atoms with E-state index in [9.17, 15) is 9.59 Å². The predicted octanol–water partition coefficient (Wildman–Crippen LogP) is 3.52. The summed E-state index contributed by atoms with van der Waals surface area (Å²) in [5.41, 5.74) is 1.03. The van der Waals surface area contributed by atoms with Gasteiger partial charge >= 0.3 is 0 Å². The summed E-state index contributed by atoms with van der Waals surface area (Å²) in [6.45, 7) is 3.89. The van der Waals surface area contributed by atoms with E-state index >= 15 is 0 Å². The van der Waals surface area contributed by atoms with E-state index in [4.69, 9.17) is 16.3 Å². The monoisotopic (exact) mass is 361 g/mol. The summed E-state index contributed by atoms with van der Waals surface area (Å²) in [5, 5.41) is 6.02. The van der Waals surface area contributed by atoms with Gasteiger partial charge in [0.05, 0.1) is 23.9 Å². The first-order valence-electron chi connectivity index (χ1n) is 7.85. The average Bonchev–Trinajstić information content (AvgIpc) is 2.61. The molecule has 7 heteroatoms.